The highest BCUT2D eigenvalue weighted by Crippen LogP contribution is 2.34. The minimum absolute atomic E-state index is 0.143. The maximum absolute atomic E-state index is 12.8. The van der Waals surface area contributed by atoms with Crippen LogP contribution in [0.3, 0.4) is 0 Å². The average molecular weight is 386 g/mol. The van der Waals surface area contributed by atoms with Crippen molar-refractivity contribution >= 4 is 17.5 Å². The third-order valence-electron chi connectivity index (χ3n) is 4.78. The first kappa shape index (κ1) is 19.9. The predicted molar refractivity (Wildman–Crippen MR) is 111 cm³/mol. The Hall–Kier alpha value is -1.82. The minimum Gasteiger partial charge on any atom is -0.497 e. The third-order valence-corrected chi connectivity index (χ3v) is 6.04. The van der Waals surface area contributed by atoms with Crippen molar-refractivity contribution in [3.8, 4) is 5.75 Å². The number of carbonyl (C=O) groups excluding carboxylic acids is 1. The summed E-state index contributed by atoms with van der Waals surface area (Å²) in [5, 5.41) is 0.143. The fraction of sp³-hybridized carbons (Fsp3) is 0.409. The van der Waals surface area contributed by atoms with Crippen molar-refractivity contribution in [2.75, 3.05) is 45.7 Å². The molecule has 5 heteroatoms. The molecule has 1 atom stereocenters. The highest BCUT2D eigenvalue weighted by molar-refractivity contribution is 7.99. The number of thioether (sulfide) groups is 1. The van der Waals surface area contributed by atoms with Crippen LogP contribution in [0, 0.1) is 0 Å². The standard InChI is InChI=1S/C22H27NO3S/c1-25-20-9-7-19(8-10-20)22(17-21(24)18-5-3-2-4-6-18)27-16-13-23-11-14-26-15-12-23/h2-10,22H,11-17H2,1H3/t22-/m1/s1. The summed E-state index contributed by atoms with van der Waals surface area (Å²) in [5.41, 5.74) is 1.96. The van der Waals surface area contributed by atoms with Crippen molar-refractivity contribution in [1.82, 2.24) is 4.90 Å². The molecular formula is C22H27NO3S. The number of hydrogen-bond acceptors (Lipinski definition) is 5. The summed E-state index contributed by atoms with van der Waals surface area (Å²) in [7, 11) is 1.67. The minimum atomic E-state index is 0.143. The molecule has 1 heterocycles. The second-order valence-corrected chi connectivity index (χ2v) is 7.89. The quantitative estimate of drug-likeness (QED) is 0.608. The Balaban J connectivity index is 1.64. The van der Waals surface area contributed by atoms with Crippen LogP contribution in [0.25, 0.3) is 0 Å². The van der Waals surface area contributed by atoms with Gasteiger partial charge in [-0.3, -0.25) is 9.69 Å². The van der Waals surface area contributed by atoms with E-state index < -0.39 is 0 Å². The molecule has 2 aromatic carbocycles. The van der Waals surface area contributed by atoms with Gasteiger partial charge in [0.25, 0.3) is 0 Å². The summed E-state index contributed by atoms with van der Waals surface area (Å²) < 4.78 is 10.7. The Morgan fingerprint density at radius 1 is 1.11 bits per heavy atom. The maximum atomic E-state index is 12.8. The summed E-state index contributed by atoms with van der Waals surface area (Å²) in [6.07, 6.45) is 0.504. The van der Waals surface area contributed by atoms with Gasteiger partial charge in [-0.1, -0.05) is 42.5 Å². The van der Waals surface area contributed by atoms with E-state index in [0.717, 1.165) is 49.9 Å². The largest absolute Gasteiger partial charge is 0.497 e. The molecule has 27 heavy (non-hydrogen) atoms. The number of Topliss-reactive ketones (excluding diaryl/α,β-unsaturated/α-hetero) is 1. The summed E-state index contributed by atoms with van der Waals surface area (Å²) in [6.45, 7) is 4.66. The van der Waals surface area contributed by atoms with E-state index in [0.29, 0.717) is 6.42 Å². The smallest absolute Gasteiger partial charge is 0.164 e. The van der Waals surface area contributed by atoms with Crippen LogP contribution in [0.1, 0.15) is 27.6 Å². The summed E-state index contributed by atoms with van der Waals surface area (Å²) >= 11 is 1.86. The molecule has 0 unspecified atom stereocenters. The van der Waals surface area contributed by atoms with E-state index in [4.69, 9.17) is 9.47 Å². The molecule has 3 rings (SSSR count). The number of morpholine rings is 1. The zero-order valence-electron chi connectivity index (χ0n) is 15.8. The van der Waals surface area contributed by atoms with Crippen LogP contribution in [-0.2, 0) is 4.74 Å². The molecule has 0 bridgehead atoms. The molecule has 0 aliphatic carbocycles. The van der Waals surface area contributed by atoms with Crippen molar-refractivity contribution < 1.29 is 14.3 Å². The number of hydrogen-bond donors (Lipinski definition) is 0. The summed E-state index contributed by atoms with van der Waals surface area (Å²) in [6, 6.07) is 17.7. The van der Waals surface area contributed by atoms with Crippen LogP contribution in [-0.4, -0.2) is 56.4 Å². The van der Waals surface area contributed by atoms with Crippen molar-refractivity contribution in [2.45, 2.75) is 11.7 Å². The molecule has 4 nitrogen and oxygen atoms in total. The molecule has 1 fully saturated rings. The third kappa shape index (κ3) is 6.09. The van der Waals surface area contributed by atoms with Crippen LogP contribution in [0.2, 0.25) is 0 Å². The van der Waals surface area contributed by atoms with Crippen molar-refractivity contribution in [3.05, 3.63) is 65.7 Å². The van der Waals surface area contributed by atoms with Gasteiger partial charge in [0.1, 0.15) is 5.75 Å². The average Bonchev–Trinajstić information content (AvgIpc) is 2.74. The maximum Gasteiger partial charge on any atom is 0.164 e. The molecule has 2 aromatic rings. The molecule has 0 saturated carbocycles. The first-order valence-electron chi connectivity index (χ1n) is 9.40. The second kappa shape index (κ2) is 10.5. The molecule has 1 saturated heterocycles. The van der Waals surface area contributed by atoms with Crippen LogP contribution in [0.15, 0.2) is 54.6 Å². The van der Waals surface area contributed by atoms with E-state index in [1.54, 1.807) is 7.11 Å². The molecule has 0 radical (unpaired) electrons. The highest BCUT2D eigenvalue weighted by atomic mass is 32.2. The molecule has 0 spiro atoms. The van der Waals surface area contributed by atoms with Gasteiger partial charge in [-0.2, -0.15) is 11.8 Å². The van der Waals surface area contributed by atoms with E-state index in [2.05, 4.69) is 17.0 Å². The summed E-state index contributed by atoms with van der Waals surface area (Å²) in [5.74, 6) is 2.03. The van der Waals surface area contributed by atoms with E-state index in [9.17, 15) is 4.79 Å². The van der Waals surface area contributed by atoms with Gasteiger partial charge in [0, 0.05) is 42.6 Å². The van der Waals surface area contributed by atoms with Gasteiger partial charge >= 0.3 is 0 Å². The van der Waals surface area contributed by atoms with Crippen LogP contribution >= 0.6 is 11.8 Å². The lowest BCUT2D eigenvalue weighted by Gasteiger charge is -2.27. The molecule has 0 N–H and O–H groups in total. The van der Waals surface area contributed by atoms with Gasteiger partial charge in [0.05, 0.1) is 20.3 Å². The lowest BCUT2D eigenvalue weighted by atomic mass is 10.0. The zero-order valence-corrected chi connectivity index (χ0v) is 16.6. The lowest BCUT2D eigenvalue weighted by molar-refractivity contribution is 0.0410. The fourth-order valence-electron chi connectivity index (χ4n) is 3.15. The number of benzene rings is 2. The normalized spacial score (nSPS) is 16.0. The molecule has 144 valence electrons. The van der Waals surface area contributed by atoms with Crippen molar-refractivity contribution in [1.29, 1.82) is 0 Å². The van der Waals surface area contributed by atoms with Crippen LogP contribution in [0.5, 0.6) is 5.75 Å². The number of ether oxygens (including phenoxy) is 2. The van der Waals surface area contributed by atoms with Crippen LogP contribution < -0.4 is 4.74 Å². The first-order chi connectivity index (χ1) is 13.3. The van der Waals surface area contributed by atoms with Crippen molar-refractivity contribution in [2.24, 2.45) is 0 Å². The van der Waals surface area contributed by atoms with Gasteiger partial charge in [-0.15, -0.1) is 0 Å². The Morgan fingerprint density at radius 2 is 1.81 bits per heavy atom. The van der Waals surface area contributed by atoms with Gasteiger partial charge in [-0.05, 0) is 17.7 Å². The molecule has 1 aliphatic rings. The van der Waals surface area contributed by atoms with Gasteiger partial charge < -0.3 is 9.47 Å². The lowest BCUT2D eigenvalue weighted by Crippen LogP contribution is -2.37. The number of rotatable bonds is 9. The Labute approximate surface area is 165 Å². The van der Waals surface area contributed by atoms with Gasteiger partial charge in [0.15, 0.2) is 5.78 Å². The Morgan fingerprint density at radius 3 is 2.48 bits per heavy atom. The zero-order chi connectivity index (χ0) is 18.9. The van der Waals surface area contributed by atoms with Crippen LogP contribution in [0.4, 0.5) is 0 Å². The van der Waals surface area contributed by atoms with Crippen molar-refractivity contribution in [3.63, 3.8) is 0 Å². The summed E-state index contributed by atoms with van der Waals surface area (Å²) in [4.78, 5) is 15.2. The van der Waals surface area contributed by atoms with E-state index in [1.807, 2.05) is 54.2 Å². The highest BCUT2D eigenvalue weighted by Gasteiger charge is 2.19. The van der Waals surface area contributed by atoms with E-state index in [1.165, 1.54) is 5.56 Å². The Bertz CT molecular complexity index is 699. The SMILES string of the molecule is COc1ccc([C@@H](CC(=O)c2ccccc2)SCCN2CCOCC2)cc1. The first-order valence-corrected chi connectivity index (χ1v) is 10.4. The monoisotopic (exact) mass is 385 g/mol. The number of ketones is 1. The topological polar surface area (TPSA) is 38.8 Å². The van der Waals surface area contributed by atoms with Gasteiger partial charge in [0.2, 0.25) is 0 Å². The van der Waals surface area contributed by atoms with E-state index >= 15 is 0 Å². The molecule has 0 amide bonds. The number of carbonyl (C=O) groups is 1. The predicted octanol–water partition coefficient (Wildman–Crippen LogP) is 4.07. The second-order valence-electron chi connectivity index (χ2n) is 6.58. The van der Waals surface area contributed by atoms with E-state index in [-0.39, 0.29) is 11.0 Å². The van der Waals surface area contributed by atoms with Gasteiger partial charge in [-0.25, -0.2) is 0 Å². The molecular weight excluding hydrogens is 358 g/mol. The fourth-order valence-corrected chi connectivity index (χ4v) is 4.42. The number of methoxy groups -OCH3 is 1. The molecule has 1 aliphatic heterocycles. The Kier molecular flexibility index (Phi) is 7.75. The molecule has 0 aromatic heterocycles. The number of nitrogens with zero attached hydrogens (tertiary/aromatic N) is 1.